The number of rotatable bonds is 6. The molecule has 3 N–H and O–H groups in total. The van der Waals surface area contributed by atoms with Crippen LogP contribution in [0.15, 0.2) is 23.0 Å². The lowest BCUT2D eigenvalue weighted by molar-refractivity contribution is 0.534. The fourth-order valence-electron chi connectivity index (χ4n) is 3.71. The van der Waals surface area contributed by atoms with E-state index in [9.17, 15) is 4.79 Å². The van der Waals surface area contributed by atoms with Crippen LogP contribution in [0.3, 0.4) is 0 Å². The Morgan fingerprint density at radius 2 is 2.14 bits per heavy atom. The van der Waals surface area contributed by atoms with Gasteiger partial charge < -0.3 is 10.7 Å². The van der Waals surface area contributed by atoms with Gasteiger partial charge in [-0.15, -0.1) is 5.10 Å². The van der Waals surface area contributed by atoms with Gasteiger partial charge in [0.15, 0.2) is 11.5 Å². The first kappa shape index (κ1) is 16.9. The Morgan fingerprint density at radius 3 is 2.96 bits per heavy atom. The second-order valence-electron chi connectivity index (χ2n) is 7.59. The zero-order valence-electron chi connectivity index (χ0n) is 15.7. The van der Waals surface area contributed by atoms with Gasteiger partial charge in [0, 0.05) is 6.54 Å². The summed E-state index contributed by atoms with van der Waals surface area (Å²) in [6, 6.07) is 6.00. The number of benzene rings is 1. The van der Waals surface area contributed by atoms with Crippen molar-refractivity contribution in [3.63, 3.8) is 0 Å². The minimum absolute atomic E-state index is 0.259. The molecule has 5 rings (SSSR count). The number of nitrogen functional groups attached to an aromatic ring is 1. The van der Waals surface area contributed by atoms with Crippen molar-refractivity contribution in [3.8, 4) is 0 Å². The number of aryl methyl sites for hydroxylation is 2. The van der Waals surface area contributed by atoms with Crippen LogP contribution in [-0.4, -0.2) is 34.5 Å². The van der Waals surface area contributed by atoms with Gasteiger partial charge in [0.1, 0.15) is 16.9 Å². The summed E-state index contributed by atoms with van der Waals surface area (Å²) in [6.07, 6.45) is 5.17. The molecule has 28 heavy (non-hydrogen) atoms. The van der Waals surface area contributed by atoms with Gasteiger partial charge in [0.25, 0.3) is 0 Å². The van der Waals surface area contributed by atoms with Gasteiger partial charge in [0.05, 0.1) is 12.1 Å². The fraction of sp³-hybridized carbons (Fsp3) is 0.421. The van der Waals surface area contributed by atoms with E-state index >= 15 is 0 Å². The van der Waals surface area contributed by atoms with Crippen molar-refractivity contribution in [1.82, 2.24) is 34.5 Å². The van der Waals surface area contributed by atoms with Crippen LogP contribution in [-0.2, 0) is 13.1 Å². The highest BCUT2D eigenvalue weighted by Crippen LogP contribution is 2.33. The molecule has 0 atom stereocenters. The molecule has 1 aliphatic carbocycles. The second-order valence-corrected chi connectivity index (χ2v) is 7.59. The average molecular weight is 378 g/mol. The second kappa shape index (κ2) is 6.43. The van der Waals surface area contributed by atoms with Crippen LogP contribution in [0, 0.1) is 12.8 Å². The lowest BCUT2D eigenvalue weighted by atomic mass is 10.2. The first-order valence-corrected chi connectivity index (χ1v) is 9.63. The highest BCUT2D eigenvalue weighted by Gasteiger charge is 2.20. The molecule has 3 aromatic heterocycles. The quantitative estimate of drug-likeness (QED) is 0.529. The Balaban J connectivity index is 1.43. The predicted octanol–water partition coefficient (Wildman–Crippen LogP) is 1.99. The largest absolute Gasteiger partial charge is 0.382 e. The highest BCUT2D eigenvalue weighted by atomic mass is 16.1. The summed E-state index contributed by atoms with van der Waals surface area (Å²) in [6.45, 7) is 3.02. The zero-order chi connectivity index (χ0) is 19.3. The van der Waals surface area contributed by atoms with Gasteiger partial charge in [-0.3, -0.25) is 4.57 Å². The molecule has 0 spiro atoms. The number of hydrogen-bond acceptors (Lipinski definition) is 6. The summed E-state index contributed by atoms with van der Waals surface area (Å²) >= 11 is 0. The molecule has 1 fully saturated rings. The van der Waals surface area contributed by atoms with Gasteiger partial charge in [-0.2, -0.15) is 0 Å². The number of anilines is 1. The summed E-state index contributed by atoms with van der Waals surface area (Å²) in [7, 11) is 0. The third kappa shape index (κ3) is 3.02. The molecular weight excluding hydrogens is 356 g/mol. The maximum atomic E-state index is 12.4. The summed E-state index contributed by atoms with van der Waals surface area (Å²) in [5.74, 6) is 1.74. The molecule has 0 unspecified atom stereocenters. The molecule has 0 amide bonds. The SMILES string of the molecule is Cc1nc(N)c2[nH]c(=O)n(Cc3ccc4c(c3)nnn4CCCC3CC3)c2n1. The topological polar surface area (TPSA) is 120 Å². The van der Waals surface area contributed by atoms with Crippen molar-refractivity contribution in [2.24, 2.45) is 5.92 Å². The minimum atomic E-state index is -0.259. The number of nitrogens with zero attached hydrogens (tertiary/aromatic N) is 6. The lowest BCUT2D eigenvalue weighted by Gasteiger charge is -2.05. The van der Waals surface area contributed by atoms with Crippen LogP contribution in [0.5, 0.6) is 0 Å². The van der Waals surface area contributed by atoms with E-state index in [4.69, 9.17) is 5.73 Å². The molecule has 1 aromatic carbocycles. The van der Waals surface area contributed by atoms with E-state index in [-0.39, 0.29) is 11.5 Å². The zero-order valence-corrected chi connectivity index (χ0v) is 15.7. The Labute approximate surface area is 160 Å². The highest BCUT2D eigenvalue weighted by molar-refractivity contribution is 5.81. The average Bonchev–Trinajstić information content (AvgIpc) is 3.33. The molecule has 1 aliphatic rings. The van der Waals surface area contributed by atoms with Crippen LogP contribution in [0.1, 0.15) is 37.1 Å². The maximum absolute atomic E-state index is 12.4. The summed E-state index contributed by atoms with van der Waals surface area (Å²) in [5.41, 5.74) is 9.45. The first-order chi connectivity index (χ1) is 13.6. The molecule has 1 saturated carbocycles. The molecular formula is C19H22N8O. The number of nitrogens with two attached hydrogens (primary N) is 1. The molecule has 9 heteroatoms. The minimum Gasteiger partial charge on any atom is -0.382 e. The van der Waals surface area contributed by atoms with E-state index in [1.807, 2.05) is 22.9 Å². The van der Waals surface area contributed by atoms with Crippen molar-refractivity contribution >= 4 is 28.0 Å². The van der Waals surface area contributed by atoms with Gasteiger partial charge in [-0.05, 0) is 43.4 Å². The van der Waals surface area contributed by atoms with Gasteiger partial charge in [0.2, 0.25) is 0 Å². The van der Waals surface area contributed by atoms with Crippen molar-refractivity contribution in [2.45, 2.75) is 45.7 Å². The number of H-pyrrole nitrogens is 1. The lowest BCUT2D eigenvalue weighted by Crippen LogP contribution is -2.17. The number of nitrogens with one attached hydrogen (secondary N) is 1. The van der Waals surface area contributed by atoms with E-state index < -0.39 is 0 Å². The van der Waals surface area contributed by atoms with Crippen LogP contribution < -0.4 is 11.4 Å². The van der Waals surface area contributed by atoms with Crippen LogP contribution in [0.2, 0.25) is 0 Å². The summed E-state index contributed by atoms with van der Waals surface area (Å²) < 4.78 is 3.54. The molecule has 9 nitrogen and oxygen atoms in total. The van der Waals surface area contributed by atoms with E-state index in [1.54, 1.807) is 11.5 Å². The van der Waals surface area contributed by atoms with Crippen molar-refractivity contribution in [3.05, 3.63) is 40.1 Å². The molecule has 4 aromatic rings. The number of hydrogen-bond donors (Lipinski definition) is 2. The van der Waals surface area contributed by atoms with Gasteiger partial charge >= 0.3 is 5.69 Å². The molecule has 144 valence electrons. The smallest absolute Gasteiger partial charge is 0.328 e. The van der Waals surface area contributed by atoms with Gasteiger partial charge in [-0.25, -0.2) is 19.4 Å². The van der Waals surface area contributed by atoms with Gasteiger partial charge in [-0.1, -0.05) is 24.1 Å². The molecule has 0 aliphatic heterocycles. The van der Waals surface area contributed by atoms with E-state index in [0.717, 1.165) is 35.5 Å². The van der Waals surface area contributed by atoms with Crippen LogP contribution >= 0.6 is 0 Å². The Morgan fingerprint density at radius 1 is 1.29 bits per heavy atom. The summed E-state index contributed by atoms with van der Waals surface area (Å²) in [5, 5.41) is 8.60. The molecule has 0 bridgehead atoms. The normalized spacial score (nSPS) is 14.3. The molecule has 0 saturated heterocycles. The first-order valence-electron chi connectivity index (χ1n) is 9.63. The van der Waals surface area contributed by atoms with E-state index in [0.29, 0.717) is 23.5 Å². The summed E-state index contributed by atoms with van der Waals surface area (Å²) in [4.78, 5) is 23.6. The monoisotopic (exact) mass is 378 g/mol. The standard InChI is InChI=1S/C19H22N8O/c1-11-21-17(20)16-18(22-11)26(19(28)23-16)10-13-6-7-15-14(9-13)24-25-27(15)8-2-3-12-4-5-12/h6-7,9,12H,2-5,8,10H2,1H3,(H,23,28)(H2,20,21,22). The van der Waals surface area contributed by atoms with Crippen molar-refractivity contribution in [2.75, 3.05) is 5.73 Å². The Hall–Kier alpha value is -3.23. The van der Waals surface area contributed by atoms with Crippen LogP contribution in [0.4, 0.5) is 5.82 Å². The van der Waals surface area contributed by atoms with Crippen molar-refractivity contribution < 1.29 is 0 Å². The number of aromatic nitrogens is 7. The molecule has 3 heterocycles. The van der Waals surface area contributed by atoms with Crippen LogP contribution in [0.25, 0.3) is 22.2 Å². The maximum Gasteiger partial charge on any atom is 0.328 e. The van der Waals surface area contributed by atoms with E-state index in [1.165, 1.54) is 19.3 Å². The van der Waals surface area contributed by atoms with E-state index in [2.05, 4.69) is 25.3 Å². The Kier molecular flexibility index (Phi) is 3.88. The molecule has 0 radical (unpaired) electrons. The third-order valence-electron chi connectivity index (χ3n) is 5.36. The Bertz CT molecular complexity index is 1230. The van der Waals surface area contributed by atoms with Crippen molar-refractivity contribution in [1.29, 1.82) is 0 Å². The number of fused-ring (bicyclic) bond motifs is 2. The number of aromatic amines is 1. The fourth-order valence-corrected chi connectivity index (χ4v) is 3.71. The number of imidazole rings is 1. The predicted molar refractivity (Wildman–Crippen MR) is 106 cm³/mol. The third-order valence-corrected chi connectivity index (χ3v) is 5.36.